The largest absolute Gasteiger partial charge is 0.494 e. The Morgan fingerprint density at radius 2 is 1.91 bits per heavy atom. The molecular weight excluding hydrogens is 437 g/mol. The number of rotatable bonds is 10. The van der Waals surface area contributed by atoms with E-state index in [2.05, 4.69) is 15.3 Å². The van der Waals surface area contributed by atoms with Crippen molar-refractivity contribution in [2.75, 3.05) is 13.2 Å². The van der Waals surface area contributed by atoms with Crippen LogP contribution in [0.25, 0.3) is 21.8 Å². The van der Waals surface area contributed by atoms with Crippen LogP contribution in [0.4, 0.5) is 4.39 Å². The van der Waals surface area contributed by atoms with Crippen molar-refractivity contribution in [2.24, 2.45) is 0 Å². The van der Waals surface area contributed by atoms with Crippen LogP contribution in [-0.2, 0) is 11.2 Å². The summed E-state index contributed by atoms with van der Waals surface area (Å²) in [6, 6.07) is 10.6. The van der Waals surface area contributed by atoms with Gasteiger partial charge in [-0.3, -0.25) is 9.59 Å². The van der Waals surface area contributed by atoms with Gasteiger partial charge in [0.25, 0.3) is 5.91 Å². The van der Waals surface area contributed by atoms with Gasteiger partial charge in [0.2, 0.25) is 0 Å². The molecule has 4 rings (SSSR count). The number of aromatic nitrogens is 2. The molecule has 0 aliphatic carbocycles. The molecule has 0 aliphatic rings. The quantitative estimate of drug-likeness (QED) is 0.247. The number of ether oxygens (including phenoxy) is 1. The number of aliphatic carboxylic acids is 1. The number of carbonyl (C=O) groups excluding carboxylic acids is 1. The second-order valence-corrected chi connectivity index (χ2v) is 8.48. The van der Waals surface area contributed by atoms with E-state index in [0.29, 0.717) is 49.4 Å². The lowest BCUT2D eigenvalue weighted by molar-refractivity contribution is -0.137. The maximum atomic E-state index is 14.2. The first kappa shape index (κ1) is 23.4. The zero-order valence-electron chi connectivity index (χ0n) is 19.3. The fraction of sp³-hybridized carbons (Fsp3) is 0.308. The first-order chi connectivity index (χ1) is 16.3. The van der Waals surface area contributed by atoms with Crippen molar-refractivity contribution in [2.45, 2.75) is 39.5 Å². The Morgan fingerprint density at radius 1 is 1.09 bits per heavy atom. The van der Waals surface area contributed by atoms with Crippen molar-refractivity contribution in [1.82, 2.24) is 15.3 Å². The Morgan fingerprint density at radius 3 is 2.71 bits per heavy atom. The van der Waals surface area contributed by atoms with Crippen LogP contribution in [0.5, 0.6) is 5.75 Å². The summed E-state index contributed by atoms with van der Waals surface area (Å²) in [6.45, 7) is 4.72. The van der Waals surface area contributed by atoms with Gasteiger partial charge in [-0.1, -0.05) is 6.07 Å². The second-order valence-electron chi connectivity index (χ2n) is 8.48. The van der Waals surface area contributed by atoms with Gasteiger partial charge in [0.15, 0.2) is 0 Å². The summed E-state index contributed by atoms with van der Waals surface area (Å²) in [5, 5.41) is 13.4. The minimum absolute atomic E-state index is 0.133. The summed E-state index contributed by atoms with van der Waals surface area (Å²) >= 11 is 0. The van der Waals surface area contributed by atoms with Crippen molar-refractivity contribution >= 4 is 33.7 Å². The molecule has 1 amide bonds. The van der Waals surface area contributed by atoms with E-state index >= 15 is 0 Å². The number of aryl methyl sites for hydroxylation is 2. The van der Waals surface area contributed by atoms with Gasteiger partial charge in [-0.15, -0.1) is 0 Å². The Bertz CT molecular complexity index is 1360. The highest BCUT2D eigenvalue weighted by molar-refractivity contribution is 5.98. The van der Waals surface area contributed by atoms with Gasteiger partial charge in [-0.2, -0.15) is 0 Å². The molecule has 2 aromatic carbocycles. The van der Waals surface area contributed by atoms with Gasteiger partial charge < -0.3 is 25.1 Å². The fourth-order valence-corrected chi connectivity index (χ4v) is 4.24. The highest BCUT2D eigenvalue weighted by atomic mass is 19.1. The number of nitrogens with one attached hydrogen (secondary N) is 3. The highest BCUT2D eigenvalue weighted by Gasteiger charge is 2.15. The van der Waals surface area contributed by atoms with E-state index in [9.17, 15) is 14.0 Å². The number of aromatic amines is 2. The minimum Gasteiger partial charge on any atom is -0.494 e. The number of carboxylic acids is 1. The number of unbranched alkanes of at least 4 members (excludes halogenated alkanes) is 1. The van der Waals surface area contributed by atoms with Crippen LogP contribution in [0.3, 0.4) is 0 Å². The van der Waals surface area contributed by atoms with Crippen molar-refractivity contribution in [1.29, 1.82) is 0 Å². The molecular formula is C26H28FN3O4. The molecule has 4 N–H and O–H groups in total. The molecule has 0 atom stereocenters. The molecule has 0 spiro atoms. The summed E-state index contributed by atoms with van der Waals surface area (Å²) < 4.78 is 19.9. The van der Waals surface area contributed by atoms with Crippen LogP contribution < -0.4 is 10.1 Å². The zero-order chi connectivity index (χ0) is 24.2. The SMILES string of the molecule is Cc1[nH]c2c(F)ccc(C)c2c1CCNC(=O)c1cc2ccc(OCCCCC(=O)O)cc2[nH]1. The minimum atomic E-state index is -0.806. The number of carbonyl (C=O) groups is 2. The maximum absolute atomic E-state index is 14.2. The van der Waals surface area contributed by atoms with Gasteiger partial charge in [0.05, 0.1) is 12.1 Å². The van der Waals surface area contributed by atoms with Crippen molar-refractivity contribution in [3.05, 3.63) is 64.7 Å². The zero-order valence-corrected chi connectivity index (χ0v) is 19.3. The van der Waals surface area contributed by atoms with Gasteiger partial charge in [0.1, 0.15) is 17.3 Å². The van der Waals surface area contributed by atoms with E-state index < -0.39 is 5.97 Å². The van der Waals surface area contributed by atoms with Crippen LogP contribution in [0, 0.1) is 19.7 Å². The number of amides is 1. The highest BCUT2D eigenvalue weighted by Crippen LogP contribution is 2.28. The van der Waals surface area contributed by atoms with Crippen LogP contribution in [0.2, 0.25) is 0 Å². The molecule has 0 aliphatic heterocycles. The van der Waals surface area contributed by atoms with E-state index in [-0.39, 0.29) is 18.1 Å². The van der Waals surface area contributed by atoms with Crippen molar-refractivity contribution < 1.29 is 23.8 Å². The first-order valence-corrected chi connectivity index (χ1v) is 11.4. The van der Waals surface area contributed by atoms with Gasteiger partial charge in [-0.25, -0.2) is 4.39 Å². The molecule has 7 nitrogen and oxygen atoms in total. The smallest absolute Gasteiger partial charge is 0.303 e. The molecule has 0 fully saturated rings. The molecule has 0 saturated carbocycles. The Hall–Kier alpha value is -3.81. The average Bonchev–Trinajstić information content (AvgIpc) is 3.37. The Kier molecular flexibility index (Phi) is 6.86. The molecule has 34 heavy (non-hydrogen) atoms. The third-order valence-electron chi connectivity index (χ3n) is 5.98. The predicted molar refractivity (Wildman–Crippen MR) is 129 cm³/mol. The predicted octanol–water partition coefficient (Wildman–Crippen LogP) is 5.01. The first-order valence-electron chi connectivity index (χ1n) is 11.4. The van der Waals surface area contributed by atoms with E-state index in [1.165, 1.54) is 6.07 Å². The van der Waals surface area contributed by atoms with Gasteiger partial charge in [-0.05, 0) is 68.5 Å². The second kappa shape index (κ2) is 9.99. The molecule has 178 valence electrons. The molecule has 0 bridgehead atoms. The third kappa shape index (κ3) is 5.06. The van der Waals surface area contributed by atoms with Gasteiger partial charge >= 0.3 is 5.97 Å². The van der Waals surface area contributed by atoms with E-state index in [4.69, 9.17) is 9.84 Å². The average molecular weight is 466 g/mol. The molecule has 2 aromatic heterocycles. The maximum Gasteiger partial charge on any atom is 0.303 e. The van der Waals surface area contributed by atoms with Crippen LogP contribution >= 0.6 is 0 Å². The lowest BCUT2D eigenvalue weighted by Gasteiger charge is -2.06. The number of H-pyrrole nitrogens is 2. The van der Waals surface area contributed by atoms with Crippen LogP contribution in [0.1, 0.15) is 46.6 Å². The van der Waals surface area contributed by atoms with Crippen molar-refractivity contribution in [3.63, 3.8) is 0 Å². The van der Waals surface area contributed by atoms with E-state index in [0.717, 1.165) is 33.1 Å². The Labute approximate surface area is 196 Å². The number of hydrogen-bond acceptors (Lipinski definition) is 3. The van der Waals surface area contributed by atoms with E-state index in [1.807, 2.05) is 32.0 Å². The summed E-state index contributed by atoms with van der Waals surface area (Å²) in [4.78, 5) is 29.5. The number of carboxylic acid groups (broad SMARTS) is 1. The summed E-state index contributed by atoms with van der Waals surface area (Å²) in [6.07, 6.45) is 1.94. The Balaban J connectivity index is 1.36. The summed E-state index contributed by atoms with van der Waals surface area (Å²) in [5.41, 5.74) is 4.65. The number of fused-ring (bicyclic) bond motifs is 2. The molecule has 4 aromatic rings. The summed E-state index contributed by atoms with van der Waals surface area (Å²) in [7, 11) is 0. The lowest BCUT2D eigenvalue weighted by atomic mass is 10.0. The monoisotopic (exact) mass is 465 g/mol. The molecule has 8 heteroatoms. The molecule has 0 unspecified atom stereocenters. The lowest BCUT2D eigenvalue weighted by Crippen LogP contribution is -2.26. The van der Waals surface area contributed by atoms with Crippen LogP contribution in [0.15, 0.2) is 36.4 Å². The standard InChI is InChI=1S/C26H28FN3O4/c1-15-6-9-20(27)25-24(15)19(16(2)29-25)10-11-28-26(33)22-13-17-7-8-18(14-21(17)30-22)34-12-4-3-5-23(31)32/h6-9,13-14,29-30H,3-5,10-12H2,1-2H3,(H,28,33)(H,31,32). The summed E-state index contributed by atoms with van der Waals surface area (Å²) in [5.74, 6) is -0.637. The number of hydrogen-bond donors (Lipinski definition) is 4. The van der Waals surface area contributed by atoms with E-state index in [1.54, 1.807) is 12.1 Å². The van der Waals surface area contributed by atoms with Crippen molar-refractivity contribution in [3.8, 4) is 5.75 Å². The molecule has 2 heterocycles. The topological polar surface area (TPSA) is 107 Å². The molecule has 0 radical (unpaired) electrons. The third-order valence-corrected chi connectivity index (χ3v) is 5.98. The fourth-order valence-electron chi connectivity index (χ4n) is 4.24. The van der Waals surface area contributed by atoms with Gasteiger partial charge in [0, 0.05) is 41.0 Å². The number of halogens is 1. The number of benzene rings is 2. The van der Waals surface area contributed by atoms with Crippen LogP contribution in [-0.4, -0.2) is 40.1 Å². The normalized spacial score (nSPS) is 11.3. The molecule has 0 saturated heterocycles.